The van der Waals surface area contributed by atoms with Gasteiger partial charge in [-0.3, -0.25) is 0 Å². The lowest BCUT2D eigenvalue weighted by Crippen LogP contribution is -2.14. The molecule has 1 N–H and O–H groups in total. The van der Waals surface area contributed by atoms with E-state index < -0.39 is 0 Å². The van der Waals surface area contributed by atoms with Crippen molar-refractivity contribution in [2.45, 2.75) is 45.6 Å². The van der Waals surface area contributed by atoms with Crippen LogP contribution in [-0.4, -0.2) is 11.5 Å². The molecule has 0 atom stereocenters. The summed E-state index contributed by atoms with van der Waals surface area (Å²) in [4.78, 5) is 5.76. The number of aromatic nitrogens is 1. The smallest absolute Gasteiger partial charge is 0.107 e. The largest absolute Gasteiger partial charge is 0.310 e. The zero-order valence-electron chi connectivity index (χ0n) is 10.1. The van der Waals surface area contributed by atoms with Gasteiger partial charge < -0.3 is 5.32 Å². The molecule has 1 aromatic heterocycles. The lowest BCUT2D eigenvalue weighted by Gasteiger charge is -2.01. The van der Waals surface area contributed by atoms with E-state index in [0.29, 0.717) is 5.92 Å². The van der Waals surface area contributed by atoms with Crippen LogP contribution in [0, 0.1) is 12.3 Å². The average molecular weight is 236 g/mol. The monoisotopic (exact) mass is 236 g/mol. The third kappa shape index (κ3) is 4.78. The maximum absolute atomic E-state index is 5.19. The first-order chi connectivity index (χ1) is 7.74. The summed E-state index contributed by atoms with van der Waals surface area (Å²) in [5.74, 6) is 3.24. The van der Waals surface area contributed by atoms with Crippen molar-refractivity contribution in [3.05, 3.63) is 16.1 Å². The maximum atomic E-state index is 5.19. The maximum Gasteiger partial charge on any atom is 0.107 e. The molecule has 88 valence electrons. The highest BCUT2D eigenvalue weighted by Gasteiger charge is 2.04. The molecule has 0 saturated heterocycles. The third-order valence-corrected chi connectivity index (χ3v) is 3.64. The van der Waals surface area contributed by atoms with Crippen LogP contribution in [0.4, 0.5) is 0 Å². The molecule has 0 radical (unpaired) electrons. The number of terminal acetylenes is 1. The van der Waals surface area contributed by atoms with Gasteiger partial charge in [0.15, 0.2) is 0 Å². The molecule has 16 heavy (non-hydrogen) atoms. The number of nitrogens with zero attached hydrogens (tertiary/aromatic N) is 1. The van der Waals surface area contributed by atoms with Gasteiger partial charge in [0.25, 0.3) is 0 Å². The Balaban J connectivity index is 2.15. The van der Waals surface area contributed by atoms with Crippen LogP contribution in [0.1, 0.15) is 48.9 Å². The highest BCUT2D eigenvalue weighted by molar-refractivity contribution is 7.11. The quantitative estimate of drug-likeness (QED) is 0.581. The Hall–Kier alpha value is -0.850. The van der Waals surface area contributed by atoms with Crippen molar-refractivity contribution >= 4 is 11.3 Å². The van der Waals surface area contributed by atoms with E-state index >= 15 is 0 Å². The second-order valence-corrected chi connectivity index (χ2v) is 5.30. The van der Waals surface area contributed by atoms with E-state index in [-0.39, 0.29) is 0 Å². The minimum atomic E-state index is 0.585. The summed E-state index contributed by atoms with van der Waals surface area (Å²) in [5, 5.41) is 4.57. The summed E-state index contributed by atoms with van der Waals surface area (Å²) < 4.78 is 0. The molecule has 0 fully saturated rings. The van der Waals surface area contributed by atoms with E-state index in [1.165, 1.54) is 9.88 Å². The van der Waals surface area contributed by atoms with Gasteiger partial charge in [0.05, 0.1) is 0 Å². The van der Waals surface area contributed by atoms with Crippen molar-refractivity contribution in [1.29, 1.82) is 0 Å². The highest BCUT2D eigenvalue weighted by atomic mass is 32.1. The van der Waals surface area contributed by atoms with Gasteiger partial charge in [-0.15, -0.1) is 23.7 Å². The van der Waals surface area contributed by atoms with E-state index in [2.05, 4.69) is 30.1 Å². The minimum Gasteiger partial charge on any atom is -0.310 e. The van der Waals surface area contributed by atoms with Gasteiger partial charge in [-0.2, -0.15) is 0 Å². The van der Waals surface area contributed by atoms with Crippen LogP contribution in [0.25, 0.3) is 0 Å². The zero-order valence-corrected chi connectivity index (χ0v) is 10.9. The molecule has 1 rings (SSSR count). The molecule has 0 saturated carbocycles. The van der Waals surface area contributed by atoms with Gasteiger partial charge in [-0.1, -0.05) is 13.8 Å². The number of hydrogen-bond acceptors (Lipinski definition) is 3. The molecule has 0 bridgehead atoms. The summed E-state index contributed by atoms with van der Waals surface area (Å²) in [7, 11) is 0. The molecule has 0 aliphatic rings. The molecule has 1 aromatic rings. The molecule has 1 heterocycles. The van der Waals surface area contributed by atoms with Crippen molar-refractivity contribution < 1.29 is 0 Å². The van der Waals surface area contributed by atoms with Crippen molar-refractivity contribution in [1.82, 2.24) is 10.3 Å². The molecular formula is C13H20N2S. The number of rotatable bonds is 7. The van der Waals surface area contributed by atoms with Crippen LogP contribution in [0.3, 0.4) is 0 Å². The molecule has 0 aromatic carbocycles. The fourth-order valence-corrected chi connectivity index (χ4v) is 2.24. The van der Waals surface area contributed by atoms with Crippen LogP contribution >= 0.6 is 11.3 Å². The lowest BCUT2D eigenvalue weighted by molar-refractivity contribution is 0.628. The van der Waals surface area contributed by atoms with Crippen LogP contribution in [-0.2, 0) is 6.54 Å². The standard InChI is InChI=1S/C13H20N2S/c1-4-5-6-7-8-14-10-13-15-9-12(16-13)11(2)3/h1,9,11,14H,5-8,10H2,2-3H3. The van der Waals surface area contributed by atoms with Crippen LogP contribution < -0.4 is 5.32 Å². The predicted molar refractivity (Wildman–Crippen MR) is 70.6 cm³/mol. The van der Waals surface area contributed by atoms with E-state index in [1.54, 1.807) is 11.3 Å². The number of nitrogens with one attached hydrogen (secondary N) is 1. The molecule has 0 amide bonds. The third-order valence-electron chi connectivity index (χ3n) is 2.34. The van der Waals surface area contributed by atoms with Gasteiger partial charge in [0, 0.05) is 24.0 Å². The van der Waals surface area contributed by atoms with Crippen LogP contribution in [0.2, 0.25) is 0 Å². The van der Waals surface area contributed by atoms with Gasteiger partial charge in [0.2, 0.25) is 0 Å². The van der Waals surface area contributed by atoms with Gasteiger partial charge in [-0.05, 0) is 25.3 Å². The Morgan fingerprint density at radius 1 is 1.50 bits per heavy atom. The molecular weight excluding hydrogens is 216 g/mol. The normalized spacial score (nSPS) is 10.6. The average Bonchev–Trinajstić information content (AvgIpc) is 2.72. The highest BCUT2D eigenvalue weighted by Crippen LogP contribution is 2.21. The fourth-order valence-electron chi connectivity index (χ4n) is 1.35. The molecule has 0 aliphatic carbocycles. The number of thiazole rings is 1. The van der Waals surface area contributed by atoms with E-state index in [1.807, 2.05) is 6.20 Å². The first-order valence-corrected chi connectivity index (χ1v) is 6.64. The van der Waals surface area contributed by atoms with Crippen molar-refractivity contribution in [2.75, 3.05) is 6.54 Å². The number of hydrogen-bond donors (Lipinski definition) is 1. The summed E-state index contributed by atoms with van der Waals surface area (Å²) >= 11 is 1.80. The Morgan fingerprint density at radius 2 is 2.31 bits per heavy atom. The van der Waals surface area contributed by atoms with Crippen molar-refractivity contribution in [2.24, 2.45) is 0 Å². The van der Waals surface area contributed by atoms with Gasteiger partial charge in [0.1, 0.15) is 5.01 Å². The Labute approximate surface area is 102 Å². The first-order valence-electron chi connectivity index (χ1n) is 5.82. The van der Waals surface area contributed by atoms with Gasteiger partial charge >= 0.3 is 0 Å². The molecule has 0 spiro atoms. The summed E-state index contributed by atoms with van der Waals surface area (Å²) in [5.41, 5.74) is 0. The van der Waals surface area contributed by atoms with Crippen LogP contribution in [0.15, 0.2) is 6.20 Å². The van der Waals surface area contributed by atoms with E-state index in [9.17, 15) is 0 Å². The summed E-state index contributed by atoms with van der Waals surface area (Å²) in [6.07, 6.45) is 10.3. The molecule has 2 nitrogen and oxygen atoms in total. The topological polar surface area (TPSA) is 24.9 Å². The minimum absolute atomic E-state index is 0.585. The number of unbranched alkanes of at least 4 members (excludes halogenated alkanes) is 2. The molecule has 3 heteroatoms. The summed E-state index contributed by atoms with van der Waals surface area (Å²) in [6.45, 7) is 6.31. The van der Waals surface area contributed by atoms with Crippen LogP contribution in [0.5, 0.6) is 0 Å². The second-order valence-electron chi connectivity index (χ2n) is 4.15. The molecule has 0 unspecified atom stereocenters. The lowest BCUT2D eigenvalue weighted by atomic mass is 10.2. The Kier molecular flexibility index (Phi) is 6.14. The second kappa shape index (κ2) is 7.43. The summed E-state index contributed by atoms with van der Waals surface area (Å²) in [6, 6.07) is 0. The predicted octanol–water partition coefficient (Wildman–Crippen LogP) is 3.16. The first kappa shape index (κ1) is 13.2. The Bertz CT molecular complexity index is 336. The van der Waals surface area contributed by atoms with Crippen molar-refractivity contribution in [3.8, 4) is 12.3 Å². The zero-order chi connectivity index (χ0) is 11.8. The molecule has 0 aliphatic heterocycles. The Morgan fingerprint density at radius 3 is 2.94 bits per heavy atom. The SMILES string of the molecule is C#CCCCCNCc1ncc(C(C)C)s1. The van der Waals surface area contributed by atoms with Gasteiger partial charge in [-0.25, -0.2) is 4.98 Å². The fraction of sp³-hybridized carbons (Fsp3) is 0.615. The van der Waals surface area contributed by atoms with E-state index in [4.69, 9.17) is 6.42 Å². The van der Waals surface area contributed by atoms with Crippen molar-refractivity contribution in [3.63, 3.8) is 0 Å². The van der Waals surface area contributed by atoms with E-state index in [0.717, 1.165) is 32.4 Å².